The molecule has 1 aliphatic heterocycles. The number of hydrogen-bond donors (Lipinski definition) is 1. The van der Waals surface area contributed by atoms with Gasteiger partial charge in [0.05, 0.1) is 10.5 Å². The van der Waals surface area contributed by atoms with Crippen LogP contribution in [0.25, 0.3) is 0 Å². The van der Waals surface area contributed by atoms with E-state index in [4.69, 9.17) is 4.74 Å². The van der Waals surface area contributed by atoms with E-state index in [1.807, 2.05) is 25.1 Å². The fraction of sp³-hybridized carbons (Fsp3) is 0.423. The summed E-state index contributed by atoms with van der Waals surface area (Å²) < 4.78 is 6.09. The summed E-state index contributed by atoms with van der Waals surface area (Å²) in [5.74, 6) is -0.606. The Labute approximate surface area is 188 Å². The minimum Gasteiger partial charge on any atom is -0.512 e. The number of cyclic esters (lactones) is 1. The van der Waals surface area contributed by atoms with Crippen molar-refractivity contribution in [3.8, 4) is 0 Å². The Bertz CT molecular complexity index is 1030. The van der Waals surface area contributed by atoms with Crippen molar-refractivity contribution in [2.45, 2.75) is 63.4 Å². The van der Waals surface area contributed by atoms with Crippen LogP contribution in [0.15, 0.2) is 65.9 Å². The van der Waals surface area contributed by atoms with Crippen molar-refractivity contribution in [2.75, 3.05) is 0 Å². The van der Waals surface area contributed by atoms with Gasteiger partial charge in [-0.2, -0.15) is 0 Å². The van der Waals surface area contributed by atoms with E-state index in [-0.39, 0.29) is 35.3 Å². The van der Waals surface area contributed by atoms with Crippen LogP contribution >= 0.6 is 0 Å². The van der Waals surface area contributed by atoms with Gasteiger partial charge < -0.3 is 9.84 Å². The van der Waals surface area contributed by atoms with E-state index < -0.39 is 16.5 Å². The minimum absolute atomic E-state index is 0.0133. The number of rotatable bonds is 9. The van der Waals surface area contributed by atoms with Crippen LogP contribution < -0.4 is 0 Å². The highest BCUT2D eigenvalue weighted by Gasteiger charge is 2.47. The number of carbonyl (C=O) groups excluding carboxylic acids is 1. The molecule has 1 aliphatic carbocycles. The Morgan fingerprint density at radius 3 is 2.53 bits per heavy atom. The first-order chi connectivity index (χ1) is 15.4. The molecule has 0 bridgehead atoms. The standard InChI is InChI=1S/C26H29NO5/c1-2-14-26(15-13-18-7-4-3-5-8-18)17-22(28)24(25(29)32-26)23(19-11-12-19)20-9-6-10-21(16-20)27(30)31/h3-10,16,19,23,28H,2,11-15,17H2,1H3. The molecule has 6 heteroatoms. The predicted octanol–water partition coefficient (Wildman–Crippen LogP) is 6.02. The fourth-order valence-corrected chi connectivity index (χ4v) is 4.92. The Kier molecular flexibility index (Phi) is 6.31. The Hall–Kier alpha value is -3.15. The summed E-state index contributed by atoms with van der Waals surface area (Å²) in [4.78, 5) is 24.1. The molecule has 1 saturated carbocycles. The second-order valence-electron chi connectivity index (χ2n) is 9.01. The fourth-order valence-electron chi connectivity index (χ4n) is 4.92. The highest BCUT2D eigenvalue weighted by molar-refractivity contribution is 5.92. The molecule has 2 aromatic rings. The van der Waals surface area contributed by atoms with Crippen LogP contribution in [-0.4, -0.2) is 21.6 Å². The number of benzene rings is 2. The van der Waals surface area contributed by atoms with E-state index in [0.717, 1.165) is 25.7 Å². The quantitative estimate of drug-likeness (QED) is 0.295. The van der Waals surface area contributed by atoms with Crippen molar-refractivity contribution >= 4 is 11.7 Å². The Balaban J connectivity index is 1.64. The molecule has 168 valence electrons. The van der Waals surface area contributed by atoms with Crippen LogP contribution in [0.4, 0.5) is 5.69 Å². The number of aryl methyl sites for hydroxylation is 1. The van der Waals surface area contributed by atoms with Crippen molar-refractivity contribution in [1.82, 2.24) is 0 Å². The Morgan fingerprint density at radius 2 is 1.91 bits per heavy atom. The minimum atomic E-state index is -0.730. The number of nitro benzene ring substituents is 1. The van der Waals surface area contributed by atoms with Gasteiger partial charge in [0.2, 0.25) is 0 Å². The van der Waals surface area contributed by atoms with Gasteiger partial charge >= 0.3 is 5.97 Å². The summed E-state index contributed by atoms with van der Waals surface area (Å²) in [7, 11) is 0. The normalized spacial score (nSPS) is 21.8. The first kappa shape index (κ1) is 22.1. The van der Waals surface area contributed by atoms with Gasteiger partial charge in [-0.05, 0) is 49.1 Å². The second-order valence-corrected chi connectivity index (χ2v) is 9.01. The molecule has 2 atom stereocenters. The first-order valence-electron chi connectivity index (χ1n) is 11.4. The van der Waals surface area contributed by atoms with E-state index in [2.05, 4.69) is 12.1 Å². The van der Waals surface area contributed by atoms with Gasteiger partial charge in [0, 0.05) is 24.5 Å². The lowest BCUT2D eigenvalue weighted by Gasteiger charge is -2.39. The van der Waals surface area contributed by atoms with Crippen LogP contribution in [0.5, 0.6) is 0 Å². The number of esters is 1. The van der Waals surface area contributed by atoms with Crippen LogP contribution in [0.1, 0.15) is 62.5 Å². The van der Waals surface area contributed by atoms with Crippen molar-refractivity contribution in [1.29, 1.82) is 0 Å². The molecule has 0 radical (unpaired) electrons. The van der Waals surface area contributed by atoms with Gasteiger partial charge in [-0.3, -0.25) is 10.1 Å². The monoisotopic (exact) mass is 435 g/mol. The lowest BCUT2D eigenvalue weighted by atomic mass is 9.79. The van der Waals surface area contributed by atoms with E-state index in [1.54, 1.807) is 12.1 Å². The van der Waals surface area contributed by atoms with Crippen LogP contribution in [0.3, 0.4) is 0 Å². The van der Waals surface area contributed by atoms with E-state index >= 15 is 0 Å². The van der Waals surface area contributed by atoms with Crippen molar-refractivity contribution in [2.24, 2.45) is 5.92 Å². The van der Waals surface area contributed by atoms with Crippen LogP contribution in [0.2, 0.25) is 0 Å². The molecule has 32 heavy (non-hydrogen) atoms. The molecule has 0 amide bonds. The molecule has 1 fully saturated rings. The maximum atomic E-state index is 13.3. The Morgan fingerprint density at radius 1 is 1.16 bits per heavy atom. The molecular weight excluding hydrogens is 406 g/mol. The highest BCUT2D eigenvalue weighted by atomic mass is 16.6. The highest BCUT2D eigenvalue weighted by Crippen LogP contribution is 2.50. The number of non-ortho nitro benzene ring substituents is 1. The summed E-state index contributed by atoms with van der Waals surface area (Å²) in [6, 6.07) is 16.4. The first-order valence-corrected chi connectivity index (χ1v) is 11.4. The number of aliphatic hydroxyl groups is 1. The summed E-state index contributed by atoms with van der Waals surface area (Å²) in [6.07, 6.45) is 5.03. The average molecular weight is 436 g/mol. The van der Waals surface area contributed by atoms with E-state index in [0.29, 0.717) is 18.4 Å². The number of nitro groups is 1. The molecular formula is C26H29NO5. The van der Waals surface area contributed by atoms with Crippen molar-refractivity contribution in [3.63, 3.8) is 0 Å². The van der Waals surface area contributed by atoms with Crippen molar-refractivity contribution in [3.05, 3.63) is 87.2 Å². The number of aliphatic hydroxyl groups excluding tert-OH is 1. The number of carbonyl (C=O) groups is 1. The number of nitrogens with zero attached hydrogens (tertiary/aromatic N) is 1. The molecule has 6 nitrogen and oxygen atoms in total. The number of hydrogen-bond acceptors (Lipinski definition) is 5. The largest absolute Gasteiger partial charge is 0.512 e. The van der Waals surface area contributed by atoms with Crippen molar-refractivity contribution < 1.29 is 19.6 Å². The molecule has 1 heterocycles. The third-order valence-electron chi connectivity index (χ3n) is 6.59. The topological polar surface area (TPSA) is 89.7 Å². The third kappa shape index (κ3) is 4.69. The summed E-state index contributed by atoms with van der Waals surface area (Å²) in [5, 5.41) is 22.4. The molecule has 4 rings (SSSR count). The van der Waals surface area contributed by atoms with Gasteiger partial charge in [-0.15, -0.1) is 0 Å². The van der Waals surface area contributed by atoms with Gasteiger partial charge in [-0.25, -0.2) is 4.79 Å². The molecule has 0 spiro atoms. The van der Waals surface area contributed by atoms with E-state index in [9.17, 15) is 20.0 Å². The lowest BCUT2D eigenvalue weighted by molar-refractivity contribution is -0.384. The smallest absolute Gasteiger partial charge is 0.338 e. The lowest BCUT2D eigenvalue weighted by Crippen LogP contribution is -2.42. The van der Waals surface area contributed by atoms with E-state index in [1.165, 1.54) is 17.7 Å². The maximum absolute atomic E-state index is 13.3. The van der Waals surface area contributed by atoms with Gasteiger partial charge in [-0.1, -0.05) is 55.8 Å². The predicted molar refractivity (Wildman–Crippen MR) is 121 cm³/mol. The molecule has 2 unspecified atom stereocenters. The zero-order valence-corrected chi connectivity index (χ0v) is 18.3. The summed E-state index contributed by atoms with van der Waals surface area (Å²) in [5.41, 5.74) is 1.39. The average Bonchev–Trinajstić information content (AvgIpc) is 3.61. The second kappa shape index (κ2) is 9.15. The molecule has 0 aromatic heterocycles. The van der Waals surface area contributed by atoms with Gasteiger partial charge in [0.15, 0.2) is 0 Å². The zero-order valence-electron chi connectivity index (χ0n) is 18.3. The molecule has 0 saturated heterocycles. The van der Waals surface area contributed by atoms with Crippen LogP contribution in [-0.2, 0) is 16.0 Å². The maximum Gasteiger partial charge on any atom is 0.338 e. The van der Waals surface area contributed by atoms with Crippen LogP contribution in [0, 0.1) is 16.0 Å². The molecule has 2 aromatic carbocycles. The van der Waals surface area contributed by atoms with Gasteiger partial charge in [0.1, 0.15) is 11.4 Å². The number of ether oxygens (including phenoxy) is 1. The molecule has 1 N–H and O–H groups in total. The summed E-state index contributed by atoms with van der Waals surface area (Å²) >= 11 is 0. The SMILES string of the molecule is CCCC1(CCc2ccccc2)CC(O)=C(C(c2cccc([N+](=O)[O-])c2)C2CC2)C(=O)O1. The molecule has 2 aliphatic rings. The van der Waals surface area contributed by atoms with Gasteiger partial charge in [0.25, 0.3) is 5.69 Å². The third-order valence-corrected chi connectivity index (χ3v) is 6.59. The summed E-state index contributed by atoms with van der Waals surface area (Å²) in [6.45, 7) is 2.05. The zero-order chi connectivity index (χ0) is 22.7.